The fourth-order valence-electron chi connectivity index (χ4n) is 1.32. The van der Waals surface area contributed by atoms with Crippen LogP contribution in [0.5, 0.6) is 0 Å². The third-order valence-corrected chi connectivity index (χ3v) is 2.29. The number of amides is 2. The van der Waals surface area contributed by atoms with Crippen molar-refractivity contribution in [3.63, 3.8) is 0 Å². The van der Waals surface area contributed by atoms with E-state index in [-0.39, 0.29) is 24.8 Å². The number of rotatable bonds is 6. The lowest BCUT2D eigenvalue weighted by Crippen LogP contribution is -2.47. The number of carbonyl (C=O) groups is 2. The molecule has 0 spiro atoms. The Kier molecular flexibility index (Phi) is 3.68. The van der Waals surface area contributed by atoms with Crippen LogP contribution >= 0.6 is 0 Å². The molecule has 1 fully saturated rings. The van der Waals surface area contributed by atoms with Gasteiger partial charge < -0.3 is 16.4 Å². The molecule has 0 heterocycles. The van der Waals surface area contributed by atoms with E-state index in [0.717, 1.165) is 12.8 Å². The standard InChI is InChI=1S/C10H19N3O2/c1-10(2,5-8(11)14)12-6-9(15)13-7-3-4-7/h7,12H,3-6H2,1-2H3,(H2,11,14)(H,13,15). The third-order valence-electron chi connectivity index (χ3n) is 2.29. The summed E-state index contributed by atoms with van der Waals surface area (Å²) in [5, 5.41) is 5.87. The molecule has 0 atom stereocenters. The Morgan fingerprint density at radius 3 is 2.47 bits per heavy atom. The molecule has 0 unspecified atom stereocenters. The molecule has 1 saturated carbocycles. The molecular formula is C10H19N3O2. The first-order valence-electron chi connectivity index (χ1n) is 5.22. The van der Waals surface area contributed by atoms with Crippen LogP contribution in [0.2, 0.25) is 0 Å². The van der Waals surface area contributed by atoms with Gasteiger partial charge in [-0.3, -0.25) is 9.59 Å². The van der Waals surface area contributed by atoms with Crippen molar-refractivity contribution >= 4 is 11.8 Å². The lowest BCUT2D eigenvalue weighted by atomic mass is 10.0. The zero-order valence-corrected chi connectivity index (χ0v) is 9.30. The van der Waals surface area contributed by atoms with Crippen molar-refractivity contribution in [3.05, 3.63) is 0 Å². The molecule has 2 amide bonds. The second kappa shape index (κ2) is 4.61. The lowest BCUT2D eigenvalue weighted by molar-refractivity contribution is -0.122. The Labute approximate surface area is 89.8 Å². The Morgan fingerprint density at radius 1 is 1.40 bits per heavy atom. The van der Waals surface area contributed by atoms with Crippen LogP contribution in [0.25, 0.3) is 0 Å². The van der Waals surface area contributed by atoms with E-state index in [9.17, 15) is 9.59 Å². The molecular weight excluding hydrogens is 194 g/mol. The Morgan fingerprint density at radius 2 is 2.00 bits per heavy atom. The van der Waals surface area contributed by atoms with Crippen molar-refractivity contribution in [1.29, 1.82) is 0 Å². The highest BCUT2D eigenvalue weighted by Gasteiger charge is 2.25. The SMILES string of the molecule is CC(C)(CC(N)=O)NCC(=O)NC1CC1. The predicted molar refractivity (Wildman–Crippen MR) is 57.1 cm³/mol. The van der Waals surface area contributed by atoms with Gasteiger partial charge in [0.1, 0.15) is 0 Å². The molecule has 0 radical (unpaired) electrons. The van der Waals surface area contributed by atoms with Crippen LogP contribution in [0.1, 0.15) is 33.1 Å². The number of nitrogens with two attached hydrogens (primary N) is 1. The smallest absolute Gasteiger partial charge is 0.234 e. The van der Waals surface area contributed by atoms with Crippen molar-refractivity contribution < 1.29 is 9.59 Å². The minimum Gasteiger partial charge on any atom is -0.370 e. The van der Waals surface area contributed by atoms with Crippen LogP contribution in [0, 0.1) is 0 Å². The Hall–Kier alpha value is -1.10. The molecule has 0 aromatic carbocycles. The number of primary amides is 1. The van der Waals surface area contributed by atoms with E-state index in [2.05, 4.69) is 10.6 Å². The molecule has 0 aromatic rings. The van der Waals surface area contributed by atoms with Crippen molar-refractivity contribution in [2.75, 3.05) is 6.54 Å². The minimum atomic E-state index is -0.424. The van der Waals surface area contributed by atoms with Crippen LogP contribution in [0.15, 0.2) is 0 Å². The fourth-order valence-corrected chi connectivity index (χ4v) is 1.32. The van der Waals surface area contributed by atoms with Gasteiger partial charge in [-0.1, -0.05) is 0 Å². The molecule has 5 nitrogen and oxygen atoms in total. The zero-order chi connectivity index (χ0) is 11.5. The molecule has 5 heteroatoms. The first-order chi connectivity index (χ1) is 6.89. The largest absolute Gasteiger partial charge is 0.370 e. The summed E-state index contributed by atoms with van der Waals surface area (Å²) in [7, 11) is 0. The second-order valence-electron chi connectivity index (χ2n) is 4.72. The highest BCUT2D eigenvalue weighted by molar-refractivity contribution is 5.79. The van der Waals surface area contributed by atoms with Gasteiger partial charge >= 0.3 is 0 Å². The summed E-state index contributed by atoms with van der Waals surface area (Å²) in [6.07, 6.45) is 2.39. The average molecular weight is 213 g/mol. The first kappa shape index (κ1) is 12.0. The van der Waals surface area contributed by atoms with Gasteiger partial charge in [0.25, 0.3) is 0 Å². The van der Waals surface area contributed by atoms with E-state index in [0.29, 0.717) is 6.04 Å². The molecule has 4 N–H and O–H groups in total. The van der Waals surface area contributed by atoms with E-state index in [1.165, 1.54) is 0 Å². The van der Waals surface area contributed by atoms with Gasteiger partial charge in [0.2, 0.25) is 11.8 Å². The topological polar surface area (TPSA) is 84.2 Å². The van der Waals surface area contributed by atoms with Gasteiger partial charge in [0, 0.05) is 18.0 Å². The third kappa shape index (κ3) is 5.37. The Balaban J connectivity index is 2.21. The normalized spacial score (nSPS) is 16.1. The van der Waals surface area contributed by atoms with Gasteiger partial charge in [0.05, 0.1) is 6.54 Å². The number of nitrogens with one attached hydrogen (secondary N) is 2. The van der Waals surface area contributed by atoms with Crippen molar-refractivity contribution in [1.82, 2.24) is 10.6 Å². The lowest BCUT2D eigenvalue weighted by Gasteiger charge is -2.24. The molecule has 0 saturated heterocycles. The van der Waals surface area contributed by atoms with Gasteiger partial charge in [-0.25, -0.2) is 0 Å². The summed E-state index contributed by atoms with van der Waals surface area (Å²) in [5.74, 6) is -0.384. The van der Waals surface area contributed by atoms with Gasteiger partial charge in [-0.15, -0.1) is 0 Å². The summed E-state index contributed by atoms with van der Waals surface area (Å²) in [4.78, 5) is 22.1. The van der Waals surface area contributed by atoms with Gasteiger partial charge in [0.15, 0.2) is 0 Å². The van der Waals surface area contributed by atoms with Gasteiger partial charge in [-0.05, 0) is 26.7 Å². The zero-order valence-electron chi connectivity index (χ0n) is 9.30. The van der Waals surface area contributed by atoms with Crippen LogP contribution in [0.4, 0.5) is 0 Å². The van der Waals surface area contributed by atoms with Crippen LogP contribution in [-0.4, -0.2) is 29.9 Å². The van der Waals surface area contributed by atoms with Crippen LogP contribution < -0.4 is 16.4 Å². The van der Waals surface area contributed by atoms with Crippen molar-refractivity contribution in [2.45, 2.75) is 44.7 Å². The molecule has 1 aliphatic rings. The number of hydrogen-bond donors (Lipinski definition) is 3. The predicted octanol–water partition coefficient (Wildman–Crippen LogP) is -0.491. The summed E-state index contributed by atoms with van der Waals surface area (Å²) < 4.78 is 0. The maximum absolute atomic E-state index is 11.3. The quantitative estimate of drug-likeness (QED) is 0.556. The summed E-state index contributed by atoms with van der Waals surface area (Å²) in [5.41, 5.74) is 4.67. The molecule has 1 rings (SSSR count). The molecule has 0 aromatic heterocycles. The molecule has 86 valence electrons. The number of hydrogen-bond acceptors (Lipinski definition) is 3. The summed E-state index contributed by atoms with van der Waals surface area (Å²) >= 11 is 0. The maximum atomic E-state index is 11.3. The molecule has 15 heavy (non-hydrogen) atoms. The second-order valence-corrected chi connectivity index (χ2v) is 4.72. The monoisotopic (exact) mass is 213 g/mol. The van der Waals surface area contributed by atoms with Crippen LogP contribution in [0.3, 0.4) is 0 Å². The highest BCUT2D eigenvalue weighted by atomic mass is 16.2. The summed E-state index contributed by atoms with van der Waals surface area (Å²) in [6, 6.07) is 0.374. The average Bonchev–Trinajstić information content (AvgIpc) is 2.82. The molecule has 1 aliphatic carbocycles. The maximum Gasteiger partial charge on any atom is 0.234 e. The summed E-state index contributed by atoms with van der Waals surface area (Å²) in [6.45, 7) is 3.93. The minimum absolute atomic E-state index is 0.0185. The Bertz CT molecular complexity index is 259. The fraction of sp³-hybridized carbons (Fsp3) is 0.800. The highest BCUT2D eigenvalue weighted by Crippen LogP contribution is 2.18. The van der Waals surface area contributed by atoms with E-state index in [4.69, 9.17) is 5.73 Å². The molecule has 0 aliphatic heterocycles. The van der Waals surface area contributed by atoms with E-state index in [1.807, 2.05) is 13.8 Å². The molecule has 0 bridgehead atoms. The number of carbonyl (C=O) groups excluding carboxylic acids is 2. The first-order valence-corrected chi connectivity index (χ1v) is 5.22. The van der Waals surface area contributed by atoms with E-state index in [1.54, 1.807) is 0 Å². The van der Waals surface area contributed by atoms with Crippen LogP contribution in [-0.2, 0) is 9.59 Å². The van der Waals surface area contributed by atoms with Gasteiger partial charge in [-0.2, -0.15) is 0 Å². The van der Waals surface area contributed by atoms with E-state index >= 15 is 0 Å². The van der Waals surface area contributed by atoms with Crippen molar-refractivity contribution in [3.8, 4) is 0 Å². The van der Waals surface area contributed by atoms with Crippen molar-refractivity contribution in [2.24, 2.45) is 5.73 Å². The van der Waals surface area contributed by atoms with E-state index < -0.39 is 5.54 Å².